The molecule has 7 nitrogen and oxygen atoms in total. The number of aromatic hydroxyl groups is 2. The number of aliphatic hydroxyl groups excluding tert-OH is 1. The molecule has 2 aromatic carbocycles. The molecule has 0 amide bonds. The summed E-state index contributed by atoms with van der Waals surface area (Å²) in [5, 5.41) is 38.1. The van der Waals surface area contributed by atoms with Gasteiger partial charge in [0.15, 0.2) is 0 Å². The molecule has 0 aliphatic heterocycles. The van der Waals surface area contributed by atoms with Crippen molar-refractivity contribution in [3.63, 3.8) is 0 Å². The topological polar surface area (TPSA) is 123 Å². The first-order valence-electron chi connectivity index (χ1n) is 21.2. The summed E-state index contributed by atoms with van der Waals surface area (Å²) >= 11 is 0. The minimum absolute atomic E-state index is 0. The van der Waals surface area contributed by atoms with Crippen molar-refractivity contribution in [1.29, 1.82) is 0 Å². The summed E-state index contributed by atoms with van der Waals surface area (Å²) < 4.78 is 0. The third kappa shape index (κ3) is 16.4. The van der Waals surface area contributed by atoms with Crippen LogP contribution in [0.1, 0.15) is 211 Å². The third-order valence-electron chi connectivity index (χ3n) is 10.9. The minimum atomic E-state index is -1.19. The second kappa shape index (κ2) is 24.8. The van der Waals surface area contributed by atoms with Crippen molar-refractivity contribution in [2.75, 3.05) is 6.61 Å². The summed E-state index contributed by atoms with van der Waals surface area (Å²) in [6.07, 6.45) is 21.2. The Hall–Kier alpha value is -2.68. The van der Waals surface area contributed by atoms with Gasteiger partial charge in [-0.2, -0.15) is 0 Å². The molecule has 0 spiro atoms. The Labute approximate surface area is 345 Å². The molecule has 0 bridgehead atoms. The number of phenolic OH excluding ortho intramolecular Hbond substituents is 2. The number of carbonyl (C=O) groups is 1. The van der Waals surface area contributed by atoms with Crippen LogP contribution in [0.25, 0.3) is 0 Å². The third-order valence-corrected chi connectivity index (χ3v) is 10.9. The van der Waals surface area contributed by atoms with Crippen LogP contribution in [-0.2, 0) is 32.4 Å². The van der Waals surface area contributed by atoms with Gasteiger partial charge in [-0.05, 0) is 84.5 Å². The van der Waals surface area contributed by atoms with Gasteiger partial charge in [0, 0.05) is 51.5 Å². The number of nitrogens with zero attached hydrogens (tertiary/aromatic N) is 2. The van der Waals surface area contributed by atoms with E-state index < -0.39 is 12.6 Å². The van der Waals surface area contributed by atoms with Gasteiger partial charge < -0.3 is 20.4 Å². The average molecular weight is 808 g/mol. The predicted molar refractivity (Wildman–Crippen MR) is 229 cm³/mol. The number of hydrogen-bond acceptors (Lipinski definition) is 6. The maximum absolute atomic E-state index is 11.6. The van der Waals surface area contributed by atoms with Gasteiger partial charge in [0.25, 0.3) is 0 Å². The van der Waals surface area contributed by atoms with Gasteiger partial charge in [0.2, 0.25) is 0 Å². The van der Waals surface area contributed by atoms with Crippen molar-refractivity contribution in [3.8, 4) is 11.5 Å². The second-order valence-electron chi connectivity index (χ2n) is 17.6. The number of phenols is 2. The molecule has 0 aromatic heterocycles. The zero-order valence-corrected chi connectivity index (χ0v) is 37.1. The van der Waals surface area contributed by atoms with E-state index in [0.29, 0.717) is 23.3 Å². The Morgan fingerprint density at radius 3 is 1.31 bits per heavy atom. The van der Waals surface area contributed by atoms with Crippen molar-refractivity contribution in [1.82, 2.24) is 0 Å². The van der Waals surface area contributed by atoms with Crippen molar-refractivity contribution in [3.05, 3.63) is 57.6 Å². The molecule has 3 unspecified atom stereocenters. The molecule has 0 heterocycles. The first kappa shape index (κ1) is 50.3. The molecule has 1 aliphatic carbocycles. The quantitative estimate of drug-likeness (QED) is 0.112. The van der Waals surface area contributed by atoms with E-state index in [4.69, 9.17) is 25.0 Å². The van der Waals surface area contributed by atoms with Gasteiger partial charge in [-0.15, -0.1) is 0 Å². The van der Waals surface area contributed by atoms with Crippen LogP contribution in [0.3, 0.4) is 0 Å². The Morgan fingerprint density at radius 1 is 0.673 bits per heavy atom. The summed E-state index contributed by atoms with van der Waals surface area (Å²) in [7, 11) is 0. The van der Waals surface area contributed by atoms with E-state index in [-0.39, 0.29) is 39.7 Å². The fourth-order valence-electron chi connectivity index (χ4n) is 7.62. The zero-order chi connectivity index (χ0) is 40.5. The SMILES string of the molecule is CCCCC(CCC)c1cc(C=NC2CCCCC2N=Cc2cc(C(CCCC)CCCC)cc(C(C)(C)C)c2O)c(O)c(C(C)(C)C)c1.O=C(O)CO.[Co]. The van der Waals surface area contributed by atoms with Crippen molar-refractivity contribution >= 4 is 18.4 Å². The van der Waals surface area contributed by atoms with E-state index in [2.05, 4.69) is 93.5 Å². The van der Waals surface area contributed by atoms with Crippen LogP contribution in [0.4, 0.5) is 0 Å². The predicted octanol–water partition coefficient (Wildman–Crippen LogP) is 12.1. The molecule has 55 heavy (non-hydrogen) atoms. The Morgan fingerprint density at radius 2 is 1.02 bits per heavy atom. The van der Waals surface area contributed by atoms with E-state index in [1.54, 1.807) is 0 Å². The van der Waals surface area contributed by atoms with E-state index in [9.17, 15) is 10.2 Å². The normalized spacial score (nSPS) is 16.9. The molecule has 313 valence electrons. The molecule has 0 saturated heterocycles. The summed E-state index contributed by atoms with van der Waals surface area (Å²) in [4.78, 5) is 19.5. The summed E-state index contributed by atoms with van der Waals surface area (Å²) in [6, 6.07) is 9.05. The zero-order valence-electron chi connectivity index (χ0n) is 36.0. The molecular formula is C47H76CoN2O5. The number of carboxylic acids is 1. The average Bonchev–Trinajstić information content (AvgIpc) is 3.12. The van der Waals surface area contributed by atoms with Crippen LogP contribution in [0.15, 0.2) is 34.3 Å². The maximum atomic E-state index is 11.6. The van der Waals surface area contributed by atoms with Crippen molar-refractivity contribution in [2.45, 2.75) is 200 Å². The number of unbranched alkanes of at least 4 members (excludes halogenated alkanes) is 3. The second-order valence-corrected chi connectivity index (χ2v) is 17.6. The maximum Gasteiger partial charge on any atom is 0.329 e. The molecule has 1 saturated carbocycles. The van der Waals surface area contributed by atoms with Gasteiger partial charge in [0.1, 0.15) is 18.1 Å². The number of hydrogen-bond donors (Lipinski definition) is 4. The van der Waals surface area contributed by atoms with Crippen LogP contribution in [-0.4, -0.2) is 57.5 Å². The number of carboxylic acid groups (broad SMARTS) is 1. The molecule has 1 fully saturated rings. The Balaban J connectivity index is 0.00000236. The Bertz CT molecular complexity index is 1480. The number of aliphatic imine (C=N–C) groups is 2. The van der Waals surface area contributed by atoms with E-state index in [1.807, 2.05) is 12.4 Å². The summed E-state index contributed by atoms with van der Waals surface area (Å²) in [6.45, 7) is 21.4. The largest absolute Gasteiger partial charge is 0.507 e. The van der Waals surface area contributed by atoms with Gasteiger partial charge in [0.05, 0.1) is 12.1 Å². The van der Waals surface area contributed by atoms with Gasteiger partial charge in [-0.3, -0.25) is 9.98 Å². The van der Waals surface area contributed by atoms with Gasteiger partial charge >= 0.3 is 5.97 Å². The fraction of sp³-hybridized carbons (Fsp3) is 0.681. The van der Waals surface area contributed by atoms with E-state index >= 15 is 0 Å². The van der Waals surface area contributed by atoms with Gasteiger partial charge in [-0.1, -0.05) is 139 Å². The van der Waals surface area contributed by atoms with E-state index in [0.717, 1.165) is 60.8 Å². The van der Waals surface area contributed by atoms with E-state index in [1.165, 1.54) is 68.9 Å². The smallest absolute Gasteiger partial charge is 0.329 e. The number of rotatable bonds is 18. The van der Waals surface area contributed by atoms with Crippen LogP contribution in [0.2, 0.25) is 0 Å². The first-order chi connectivity index (χ1) is 25.5. The summed E-state index contributed by atoms with van der Waals surface area (Å²) in [5.74, 6) is 0.530. The number of benzene rings is 2. The number of aliphatic hydroxyl groups is 1. The van der Waals surface area contributed by atoms with Crippen LogP contribution in [0.5, 0.6) is 11.5 Å². The van der Waals surface area contributed by atoms with Gasteiger partial charge in [-0.25, -0.2) is 4.79 Å². The molecule has 2 aromatic rings. The summed E-state index contributed by atoms with van der Waals surface area (Å²) in [5.41, 5.74) is 6.01. The Kier molecular flexibility index (Phi) is 22.7. The van der Waals surface area contributed by atoms with Crippen molar-refractivity contribution in [2.24, 2.45) is 9.98 Å². The molecule has 4 N–H and O–H groups in total. The van der Waals surface area contributed by atoms with Crippen molar-refractivity contribution < 1.29 is 42.0 Å². The van der Waals surface area contributed by atoms with Crippen LogP contribution in [0, 0.1) is 0 Å². The van der Waals surface area contributed by atoms with Crippen LogP contribution < -0.4 is 0 Å². The standard InChI is InChI=1S/C45H72N2O2.C2H4O3.Co/c1-11-15-21-32(20-14-4)34-26-36(42(48)38(28-34)44(5,6)7)30-46-40-24-18-19-25-41(40)47-31-37-27-35(29-39(43(37)49)45(8,9)10)33(22-16-12-2)23-17-13-3;3-1-2(4)5;/h26-33,40-41,48-49H,11-25H2,1-10H3;3H,1H2,(H,4,5);. The first-order valence-corrected chi connectivity index (χ1v) is 21.2. The van der Waals surface area contributed by atoms with Crippen LogP contribution >= 0.6 is 0 Å². The molecule has 1 radical (unpaired) electrons. The fourth-order valence-corrected chi connectivity index (χ4v) is 7.62. The molecule has 3 rings (SSSR count). The number of aliphatic carboxylic acids is 1. The molecule has 1 aliphatic rings. The molecule has 3 atom stereocenters. The molecule has 8 heteroatoms. The monoisotopic (exact) mass is 808 g/mol. The minimum Gasteiger partial charge on any atom is -0.507 e. The molecular weight excluding hydrogens is 731 g/mol.